The summed E-state index contributed by atoms with van der Waals surface area (Å²) in [6, 6.07) is 1.45. The number of nitrogens with one attached hydrogen (secondary N) is 1. The van der Waals surface area contributed by atoms with E-state index in [0.29, 0.717) is 0 Å². The standard InChI is InChI=1S/C11H13Cl2N3O3/c1-5(2)19-10-8(13)4-7(12)9(14-10)16-15-6(3)11(17)18/h4-5H,1-3H3,(H,14,16)(H,17,18)/b15-6+. The van der Waals surface area contributed by atoms with Gasteiger partial charge < -0.3 is 9.84 Å². The highest BCUT2D eigenvalue weighted by molar-refractivity contribution is 6.37. The van der Waals surface area contributed by atoms with Crippen molar-refractivity contribution in [2.24, 2.45) is 5.10 Å². The van der Waals surface area contributed by atoms with Crippen LogP contribution in [0.25, 0.3) is 0 Å². The number of carboxylic acids is 1. The molecule has 0 fully saturated rings. The Hall–Kier alpha value is -1.53. The first kappa shape index (κ1) is 15.5. The van der Waals surface area contributed by atoms with Crippen molar-refractivity contribution in [3.8, 4) is 5.88 Å². The number of ether oxygens (including phenoxy) is 1. The van der Waals surface area contributed by atoms with Crippen molar-refractivity contribution in [2.75, 3.05) is 5.43 Å². The molecule has 0 atom stereocenters. The lowest BCUT2D eigenvalue weighted by atomic mass is 10.4. The molecule has 1 aromatic rings. The lowest BCUT2D eigenvalue weighted by molar-refractivity contribution is -0.129. The van der Waals surface area contributed by atoms with Crippen molar-refractivity contribution >= 4 is 40.7 Å². The minimum Gasteiger partial charge on any atom is -0.477 e. The van der Waals surface area contributed by atoms with Crippen molar-refractivity contribution in [3.05, 3.63) is 16.1 Å². The molecule has 0 aliphatic carbocycles. The summed E-state index contributed by atoms with van der Waals surface area (Å²) in [5.74, 6) is -0.773. The third-order valence-corrected chi connectivity index (χ3v) is 2.44. The van der Waals surface area contributed by atoms with Crippen molar-refractivity contribution in [2.45, 2.75) is 26.9 Å². The molecule has 8 heteroatoms. The first-order chi connectivity index (χ1) is 8.81. The van der Waals surface area contributed by atoms with E-state index in [0.717, 1.165) is 0 Å². The van der Waals surface area contributed by atoms with Crippen molar-refractivity contribution < 1.29 is 14.6 Å². The Balaban J connectivity index is 3.01. The second-order valence-corrected chi connectivity index (χ2v) is 4.70. The van der Waals surface area contributed by atoms with Crippen LogP contribution in [0.1, 0.15) is 20.8 Å². The van der Waals surface area contributed by atoms with E-state index in [1.165, 1.54) is 13.0 Å². The van der Waals surface area contributed by atoms with Crippen molar-refractivity contribution in [1.82, 2.24) is 4.98 Å². The Kier molecular flexibility index (Phi) is 5.38. The van der Waals surface area contributed by atoms with Gasteiger partial charge in [-0.05, 0) is 26.8 Å². The molecule has 0 saturated carbocycles. The fraction of sp³-hybridized carbons (Fsp3) is 0.364. The van der Waals surface area contributed by atoms with Gasteiger partial charge in [-0.3, -0.25) is 5.43 Å². The third-order valence-electron chi connectivity index (χ3n) is 1.88. The summed E-state index contributed by atoms with van der Waals surface area (Å²) < 4.78 is 5.39. The summed E-state index contributed by atoms with van der Waals surface area (Å²) in [4.78, 5) is 14.6. The average Bonchev–Trinajstić information content (AvgIpc) is 2.30. The lowest BCUT2D eigenvalue weighted by Crippen LogP contribution is -2.11. The fourth-order valence-corrected chi connectivity index (χ4v) is 1.46. The molecule has 0 aliphatic heterocycles. The topological polar surface area (TPSA) is 83.8 Å². The first-order valence-electron chi connectivity index (χ1n) is 5.37. The van der Waals surface area contributed by atoms with Crippen LogP contribution in [0, 0.1) is 0 Å². The van der Waals surface area contributed by atoms with Crippen LogP contribution < -0.4 is 10.2 Å². The Bertz CT molecular complexity index is 518. The zero-order valence-electron chi connectivity index (χ0n) is 10.6. The predicted octanol–water partition coefficient (Wildman–Crippen LogP) is 3.05. The number of pyridine rings is 1. The maximum Gasteiger partial charge on any atom is 0.351 e. The smallest absolute Gasteiger partial charge is 0.351 e. The van der Waals surface area contributed by atoms with Gasteiger partial charge in [-0.25, -0.2) is 4.79 Å². The summed E-state index contributed by atoms with van der Waals surface area (Å²) in [6.45, 7) is 4.99. The van der Waals surface area contributed by atoms with E-state index in [-0.39, 0.29) is 33.6 Å². The van der Waals surface area contributed by atoms with Gasteiger partial charge in [0.2, 0.25) is 5.88 Å². The van der Waals surface area contributed by atoms with Crippen LogP contribution in [0.15, 0.2) is 11.2 Å². The number of carboxylic acid groups (broad SMARTS) is 1. The van der Waals surface area contributed by atoms with Gasteiger partial charge >= 0.3 is 5.97 Å². The summed E-state index contributed by atoms with van der Waals surface area (Å²) in [5.41, 5.74) is 2.33. The number of aliphatic carboxylic acids is 1. The second-order valence-electron chi connectivity index (χ2n) is 3.89. The van der Waals surface area contributed by atoms with Crippen LogP contribution in [-0.4, -0.2) is 27.9 Å². The summed E-state index contributed by atoms with van der Waals surface area (Å²) >= 11 is 11.8. The SMILES string of the molecule is C/C(=N\Nc1nc(OC(C)C)c(Cl)cc1Cl)C(=O)O. The van der Waals surface area contributed by atoms with E-state index >= 15 is 0 Å². The molecule has 0 unspecified atom stereocenters. The molecular formula is C11H13Cl2N3O3. The number of nitrogens with zero attached hydrogens (tertiary/aromatic N) is 2. The van der Waals surface area contributed by atoms with Gasteiger partial charge in [-0.2, -0.15) is 10.1 Å². The van der Waals surface area contributed by atoms with Crippen molar-refractivity contribution in [3.63, 3.8) is 0 Å². The second kappa shape index (κ2) is 6.58. The van der Waals surface area contributed by atoms with Gasteiger partial charge in [0, 0.05) is 0 Å². The quantitative estimate of drug-likeness (QED) is 0.645. The predicted molar refractivity (Wildman–Crippen MR) is 74.4 cm³/mol. The molecular weight excluding hydrogens is 293 g/mol. The van der Waals surface area contributed by atoms with E-state index in [4.69, 9.17) is 33.0 Å². The summed E-state index contributed by atoms with van der Waals surface area (Å²) in [6.07, 6.45) is -0.108. The van der Waals surface area contributed by atoms with E-state index < -0.39 is 5.97 Å². The summed E-state index contributed by atoms with van der Waals surface area (Å²) in [7, 11) is 0. The van der Waals surface area contributed by atoms with Gasteiger partial charge in [0.05, 0.1) is 11.1 Å². The van der Waals surface area contributed by atoms with Crippen molar-refractivity contribution in [1.29, 1.82) is 0 Å². The number of rotatable bonds is 5. The Morgan fingerprint density at radius 2 is 2.11 bits per heavy atom. The van der Waals surface area contributed by atoms with Crippen LogP contribution >= 0.6 is 23.2 Å². The largest absolute Gasteiger partial charge is 0.477 e. The van der Waals surface area contributed by atoms with Crippen LogP contribution in [0.4, 0.5) is 5.82 Å². The molecule has 19 heavy (non-hydrogen) atoms. The van der Waals surface area contributed by atoms with Gasteiger partial charge in [0.25, 0.3) is 0 Å². The molecule has 0 saturated heterocycles. The van der Waals surface area contributed by atoms with E-state index in [1.807, 2.05) is 13.8 Å². The monoisotopic (exact) mass is 305 g/mol. The zero-order chi connectivity index (χ0) is 14.6. The minimum atomic E-state index is -1.14. The van der Waals surface area contributed by atoms with Gasteiger partial charge in [0.15, 0.2) is 5.82 Å². The molecule has 0 radical (unpaired) electrons. The molecule has 0 aromatic carbocycles. The molecule has 104 valence electrons. The van der Waals surface area contributed by atoms with Crippen LogP contribution in [-0.2, 0) is 4.79 Å². The normalized spacial score (nSPS) is 11.6. The van der Waals surface area contributed by atoms with Gasteiger partial charge in [0.1, 0.15) is 10.7 Å². The summed E-state index contributed by atoms with van der Waals surface area (Å²) in [5, 5.41) is 12.8. The van der Waals surface area contributed by atoms with Crippen LogP contribution in [0.2, 0.25) is 10.0 Å². The zero-order valence-corrected chi connectivity index (χ0v) is 12.1. The fourth-order valence-electron chi connectivity index (χ4n) is 1.02. The molecule has 1 rings (SSSR count). The van der Waals surface area contributed by atoms with E-state index in [9.17, 15) is 4.79 Å². The number of hydrogen-bond acceptors (Lipinski definition) is 5. The Morgan fingerprint density at radius 3 is 2.63 bits per heavy atom. The molecule has 0 spiro atoms. The number of carbonyl (C=O) groups is 1. The maximum atomic E-state index is 10.6. The number of hydrogen-bond donors (Lipinski definition) is 2. The minimum absolute atomic E-state index is 0.108. The first-order valence-corrected chi connectivity index (χ1v) is 6.13. The van der Waals surface area contributed by atoms with Crippen LogP contribution in [0.3, 0.4) is 0 Å². The van der Waals surface area contributed by atoms with E-state index in [2.05, 4.69) is 15.5 Å². The molecule has 2 N–H and O–H groups in total. The Labute approximate surface area is 120 Å². The highest BCUT2D eigenvalue weighted by Gasteiger charge is 2.12. The Morgan fingerprint density at radius 1 is 1.47 bits per heavy atom. The molecule has 1 aromatic heterocycles. The lowest BCUT2D eigenvalue weighted by Gasteiger charge is -2.12. The third kappa shape index (κ3) is 4.57. The number of halogens is 2. The molecule has 6 nitrogen and oxygen atoms in total. The molecule has 0 aliphatic rings. The average molecular weight is 306 g/mol. The number of anilines is 1. The molecule has 1 heterocycles. The van der Waals surface area contributed by atoms with Gasteiger partial charge in [-0.1, -0.05) is 23.2 Å². The number of hydrazone groups is 1. The number of aromatic nitrogens is 1. The van der Waals surface area contributed by atoms with E-state index in [1.54, 1.807) is 0 Å². The van der Waals surface area contributed by atoms with Gasteiger partial charge in [-0.15, -0.1) is 0 Å². The van der Waals surface area contributed by atoms with Crippen LogP contribution in [0.5, 0.6) is 5.88 Å². The molecule has 0 bridgehead atoms. The molecule has 0 amide bonds. The highest BCUT2D eigenvalue weighted by Crippen LogP contribution is 2.31. The highest BCUT2D eigenvalue weighted by atomic mass is 35.5. The maximum absolute atomic E-state index is 10.6.